The van der Waals surface area contributed by atoms with Crippen LogP contribution >= 0.6 is 0 Å². The van der Waals surface area contributed by atoms with E-state index in [9.17, 15) is 9.59 Å². The van der Waals surface area contributed by atoms with Gasteiger partial charge < -0.3 is 10.2 Å². The number of nitrogens with zero attached hydrogens (tertiary/aromatic N) is 1. The first-order valence-electron chi connectivity index (χ1n) is 6.20. The van der Waals surface area contributed by atoms with Gasteiger partial charge in [0, 0.05) is 18.2 Å². The van der Waals surface area contributed by atoms with Crippen molar-refractivity contribution < 1.29 is 9.59 Å². The summed E-state index contributed by atoms with van der Waals surface area (Å²) in [5.41, 5.74) is 1.78. The Balaban J connectivity index is 2.38. The summed E-state index contributed by atoms with van der Waals surface area (Å²) in [6.45, 7) is 5.95. The van der Waals surface area contributed by atoms with Gasteiger partial charge in [-0.3, -0.25) is 9.59 Å². The minimum Gasteiger partial charge on any atom is -0.326 e. The average Bonchev–Trinajstić information content (AvgIpc) is 2.47. The second kappa shape index (κ2) is 4.80. The maximum Gasteiger partial charge on any atom is 0.246 e. The molecule has 0 saturated heterocycles. The van der Waals surface area contributed by atoms with E-state index in [2.05, 4.69) is 5.32 Å². The van der Waals surface area contributed by atoms with Crippen molar-refractivity contribution in [2.24, 2.45) is 5.92 Å². The van der Waals surface area contributed by atoms with Crippen molar-refractivity contribution >= 4 is 17.5 Å². The quantitative estimate of drug-likeness (QED) is 0.824. The lowest BCUT2D eigenvalue weighted by Gasteiger charge is -2.27. The zero-order valence-electron chi connectivity index (χ0n) is 10.9. The Bertz CT molecular complexity index is 482. The molecule has 18 heavy (non-hydrogen) atoms. The van der Waals surface area contributed by atoms with Gasteiger partial charge in [0.25, 0.3) is 0 Å². The van der Waals surface area contributed by atoms with Gasteiger partial charge in [-0.25, -0.2) is 0 Å². The normalized spacial score (nSPS) is 19.2. The van der Waals surface area contributed by atoms with Crippen LogP contribution in [0.1, 0.15) is 26.3 Å². The maximum absolute atomic E-state index is 12.2. The topological polar surface area (TPSA) is 49.4 Å². The Morgan fingerprint density at radius 2 is 2.06 bits per heavy atom. The van der Waals surface area contributed by atoms with Gasteiger partial charge in [-0.15, -0.1) is 0 Å². The van der Waals surface area contributed by atoms with Gasteiger partial charge in [0.1, 0.15) is 6.04 Å². The van der Waals surface area contributed by atoms with Crippen molar-refractivity contribution in [3.63, 3.8) is 0 Å². The van der Waals surface area contributed by atoms with Crippen molar-refractivity contribution in [3.05, 3.63) is 29.8 Å². The molecule has 1 atom stereocenters. The molecule has 0 spiro atoms. The summed E-state index contributed by atoms with van der Waals surface area (Å²) >= 11 is 0. The van der Waals surface area contributed by atoms with Crippen molar-refractivity contribution in [1.82, 2.24) is 4.90 Å². The summed E-state index contributed by atoms with van der Waals surface area (Å²) in [4.78, 5) is 25.8. The highest BCUT2D eigenvalue weighted by Gasteiger charge is 2.30. The summed E-state index contributed by atoms with van der Waals surface area (Å²) < 4.78 is 0. The number of benzene rings is 1. The lowest BCUT2D eigenvalue weighted by atomic mass is 10.1. The molecule has 1 aromatic rings. The van der Waals surface area contributed by atoms with Gasteiger partial charge in [-0.2, -0.15) is 0 Å². The molecule has 1 heterocycles. The second-order valence-electron chi connectivity index (χ2n) is 4.94. The Morgan fingerprint density at radius 3 is 2.72 bits per heavy atom. The molecule has 0 radical (unpaired) electrons. The monoisotopic (exact) mass is 246 g/mol. The molecule has 4 heteroatoms. The molecular formula is C14H18N2O2. The van der Waals surface area contributed by atoms with Crippen LogP contribution in [0.2, 0.25) is 0 Å². The molecular weight excluding hydrogens is 228 g/mol. The van der Waals surface area contributed by atoms with E-state index >= 15 is 0 Å². The van der Waals surface area contributed by atoms with Crippen molar-refractivity contribution in [2.75, 3.05) is 5.32 Å². The summed E-state index contributed by atoms with van der Waals surface area (Å²) in [5.74, 6) is -0.228. The molecule has 0 bridgehead atoms. The molecule has 0 saturated carbocycles. The Kier molecular flexibility index (Phi) is 3.36. The molecule has 1 N–H and O–H groups in total. The van der Waals surface area contributed by atoms with Gasteiger partial charge in [0.15, 0.2) is 0 Å². The van der Waals surface area contributed by atoms with Crippen LogP contribution in [0.4, 0.5) is 5.69 Å². The molecule has 0 aromatic heterocycles. The highest BCUT2D eigenvalue weighted by molar-refractivity contribution is 5.98. The predicted molar refractivity (Wildman–Crippen MR) is 69.9 cm³/mol. The highest BCUT2D eigenvalue weighted by Crippen LogP contribution is 2.23. The van der Waals surface area contributed by atoms with Crippen molar-refractivity contribution in [3.8, 4) is 0 Å². The third-order valence-electron chi connectivity index (χ3n) is 3.24. The SMILES string of the molecule is CC(C)C(=O)N1Cc2ccccc2NC(=O)C1C. The molecule has 96 valence electrons. The zero-order chi connectivity index (χ0) is 13.3. The lowest BCUT2D eigenvalue weighted by molar-refractivity contribution is -0.141. The number of amides is 2. The number of hydrogen-bond acceptors (Lipinski definition) is 2. The number of fused-ring (bicyclic) bond motifs is 1. The molecule has 2 rings (SSSR count). The molecule has 0 fully saturated rings. The second-order valence-corrected chi connectivity index (χ2v) is 4.94. The fraction of sp³-hybridized carbons (Fsp3) is 0.429. The number of carbonyl (C=O) groups excluding carboxylic acids is 2. The lowest BCUT2D eigenvalue weighted by Crippen LogP contribution is -2.44. The molecule has 4 nitrogen and oxygen atoms in total. The third-order valence-corrected chi connectivity index (χ3v) is 3.24. The first kappa shape index (κ1) is 12.6. The van der Waals surface area contributed by atoms with Gasteiger partial charge in [-0.1, -0.05) is 32.0 Å². The van der Waals surface area contributed by atoms with Crippen LogP contribution in [0.15, 0.2) is 24.3 Å². The number of hydrogen-bond donors (Lipinski definition) is 1. The molecule has 1 aliphatic heterocycles. The third kappa shape index (κ3) is 2.23. The molecule has 1 aliphatic rings. The number of carbonyl (C=O) groups is 2. The van der Waals surface area contributed by atoms with Crippen LogP contribution < -0.4 is 5.32 Å². The fourth-order valence-corrected chi connectivity index (χ4v) is 2.08. The van der Waals surface area contributed by atoms with E-state index in [4.69, 9.17) is 0 Å². The van der Waals surface area contributed by atoms with Crippen LogP contribution in [0.3, 0.4) is 0 Å². The van der Waals surface area contributed by atoms with Gasteiger partial charge >= 0.3 is 0 Å². The van der Waals surface area contributed by atoms with E-state index in [1.54, 1.807) is 11.8 Å². The van der Waals surface area contributed by atoms with Crippen LogP contribution in [0.5, 0.6) is 0 Å². The molecule has 1 unspecified atom stereocenters. The summed E-state index contributed by atoms with van der Waals surface area (Å²) in [5, 5.41) is 2.86. The summed E-state index contributed by atoms with van der Waals surface area (Å²) in [6, 6.07) is 7.16. The van der Waals surface area contributed by atoms with E-state index in [1.807, 2.05) is 38.1 Å². The van der Waals surface area contributed by atoms with Crippen molar-refractivity contribution in [2.45, 2.75) is 33.4 Å². The van der Waals surface area contributed by atoms with Gasteiger partial charge in [-0.05, 0) is 18.6 Å². The Hall–Kier alpha value is -1.84. The van der Waals surface area contributed by atoms with Gasteiger partial charge in [0.05, 0.1) is 0 Å². The van der Waals surface area contributed by atoms with Crippen LogP contribution in [-0.2, 0) is 16.1 Å². The molecule has 1 aromatic carbocycles. The summed E-state index contributed by atoms with van der Waals surface area (Å²) in [6.07, 6.45) is 0. The van der Waals surface area contributed by atoms with Crippen molar-refractivity contribution in [1.29, 1.82) is 0 Å². The minimum absolute atomic E-state index is 0.00866. The maximum atomic E-state index is 12.2. The number of para-hydroxylation sites is 1. The van der Waals surface area contributed by atoms with Crippen LogP contribution in [-0.4, -0.2) is 22.8 Å². The Morgan fingerprint density at radius 1 is 1.39 bits per heavy atom. The number of rotatable bonds is 1. The fourth-order valence-electron chi connectivity index (χ4n) is 2.08. The highest BCUT2D eigenvalue weighted by atomic mass is 16.2. The van der Waals surface area contributed by atoms with Crippen LogP contribution in [0.25, 0.3) is 0 Å². The number of nitrogens with one attached hydrogen (secondary N) is 1. The minimum atomic E-state index is -0.438. The van der Waals surface area contributed by atoms with E-state index in [0.29, 0.717) is 6.54 Å². The Labute approximate surface area is 107 Å². The van der Waals surface area contributed by atoms with E-state index < -0.39 is 6.04 Å². The van der Waals surface area contributed by atoms with E-state index in [0.717, 1.165) is 11.3 Å². The smallest absolute Gasteiger partial charge is 0.246 e. The summed E-state index contributed by atoms with van der Waals surface area (Å²) in [7, 11) is 0. The number of anilines is 1. The van der Waals surface area contributed by atoms with Gasteiger partial charge in [0.2, 0.25) is 11.8 Å². The van der Waals surface area contributed by atoms with Crippen LogP contribution in [0, 0.1) is 5.92 Å². The largest absolute Gasteiger partial charge is 0.326 e. The zero-order valence-corrected chi connectivity index (χ0v) is 10.9. The molecule has 2 amide bonds. The molecule has 0 aliphatic carbocycles. The van der Waals surface area contributed by atoms with E-state index in [1.165, 1.54) is 0 Å². The first-order chi connectivity index (χ1) is 8.50. The van der Waals surface area contributed by atoms with E-state index in [-0.39, 0.29) is 17.7 Å². The first-order valence-corrected chi connectivity index (χ1v) is 6.20. The predicted octanol–water partition coefficient (Wildman–Crippen LogP) is 2.01. The standard InChI is InChI=1S/C14H18N2O2/c1-9(2)14(18)16-8-11-6-4-5-7-12(11)15-13(17)10(16)3/h4-7,9-10H,8H2,1-3H3,(H,15,17). The average molecular weight is 246 g/mol.